The van der Waals surface area contributed by atoms with Crippen LogP contribution in [0.3, 0.4) is 0 Å². The van der Waals surface area contributed by atoms with Gasteiger partial charge in [0.05, 0.1) is 37.5 Å². The number of nitrogens with one attached hydrogen (secondary N) is 1. The molecule has 0 amide bonds. The van der Waals surface area contributed by atoms with Crippen LogP contribution in [-0.2, 0) is 18.9 Å². The van der Waals surface area contributed by atoms with Gasteiger partial charge in [0.2, 0.25) is 0 Å². The molecule has 0 aromatic rings. The molecule has 0 saturated carbocycles. The normalized spacial score (nSPS) is 48.5. The highest BCUT2D eigenvalue weighted by Crippen LogP contribution is 2.30. The molecular formula is C15H30N2O8. The van der Waals surface area contributed by atoms with Crippen LogP contribution < -0.4 is 11.1 Å². The minimum atomic E-state index is -1.18. The van der Waals surface area contributed by atoms with Crippen LogP contribution in [0.25, 0.3) is 0 Å². The Labute approximate surface area is 146 Å². The Morgan fingerprint density at radius 3 is 2.16 bits per heavy atom. The van der Waals surface area contributed by atoms with E-state index >= 15 is 0 Å². The van der Waals surface area contributed by atoms with Gasteiger partial charge in [-0.05, 0) is 7.05 Å². The van der Waals surface area contributed by atoms with Crippen LogP contribution in [0.15, 0.2) is 0 Å². The number of methoxy groups -OCH3 is 1. The summed E-state index contributed by atoms with van der Waals surface area (Å²) in [6.07, 6.45) is -6.37. The zero-order valence-electron chi connectivity index (χ0n) is 14.7. The number of nitrogens with two attached hydrogens (primary N) is 1. The summed E-state index contributed by atoms with van der Waals surface area (Å²) >= 11 is 0. The Morgan fingerprint density at radius 2 is 1.64 bits per heavy atom. The van der Waals surface area contributed by atoms with Crippen LogP contribution in [0.2, 0.25) is 0 Å². The van der Waals surface area contributed by atoms with Gasteiger partial charge in [-0.3, -0.25) is 0 Å². The minimum Gasteiger partial charge on any atom is -0.394 e. The molecule has 25 heavy (non-hydrogen) atoms. The number of hydrogen-bond donors (Lipinski definition) is 6. The molecular weight excluding hydrogens is 336 g/mol. The average molecular weight is 366 g/mol. The summed E-state index contributed by atoms with van der Waals surface area (Å²) in [7, 11) is 3.03. The van der Waals surface area contributed by atoms with Crippen molar-refractivity contribution < 1.29 is 39.4 Å². The predicted octanol–water partition coefficient (Wildman–Crippen LogP) is -3.27. The average Bonchev–Trinajstić information content (AvgIpc) is 2.62. The molecule has 2 fully saturated rings. The highest BCUT2D eigenvalue weighted by atomic mass is 16.7. The van der Waals surface area contributed by atoms with Crippen molar-refractivity contribution >= 4 is 0 Å². The largest absolute Gasteiger partial charge is 0.394 e. The first-order valence-corrected chi connectivity index (χ1v) is 8.39. The molecule has 148 valence electrons. The maximum Gasteiger partial charge on any atom is 0.176 e. The molecule has 2 heterocycles. The van der Waals surface area contributed by atoms with Gasteiger partial charge in [-0.25, -0.2) is 0 Å². The fraction of sp³-hybridized carbons (Fsp3) is 1.00. The summed E-state index contributed by atoms with van der Waals surface area (Å²) in [5.74, 6) is -0.316. The van der Waals surface area contributed by atoms with Crippen molar-refractivity contribution in [3.05, 3.63) is 0 Å². The molecule has 10 atom stereocenters. The molecule has 4 unspecified atom stereocenters. The number of ether oxygens (including phenoxy) is 4. The van der Waals surface area contributed by atoms with Crippen molar-refractivity contribution in [1.29, 1.82) is 0 Å². The van der Waals surface area contributed by atoms with Gasteiger partial charge in [0.25, 0.3) is 0 Å². The number of aliphatic hydroxyl groups excluding tert-OH is 4. The molecule has 0 radical (unpaired) electrons. The Balaban J connectivity index is 2.16. The Kier molecular flexibility index (Phi) is 7.52. The standard InChI is InChI=1S/C15H30N2O8/c1-6-7(4-18)23-15(10(17-2)11(6)20)25-13-8(5-19)24-14(22-3)9(16)12(13)21/h6-15,17-21H,4-5,16H2,1-3H3/t6-,7?,8+,9?,10?,11+,12?,13-,14-,15+/m1/s1. The van der Waals surface area contributed by atoms with Crippen LogP contribution in [0.5, 0.6) is 0 Å². The van der Waals surface area contributed by atoms with E-state index in [1.807, 2.05) is 0 Å². The zero-order chi connectivity index (χ0) is 18.7. The van der Waals surface area contributed by atoms with Crippen molar-refractivity contribution in [2.45, 2.75) is 62.1 Å². The van der Waals surface area contributed by atoms with Gasteiger partial charge in [-0.15, -0.1) is 0 Å². The Hall–Kier alpha value is -0.400. The van der Waals surface area contributed by atoms with E-state index in [-0.39, 0.29) is 12.5 Å². The molecule has 0 aromatic heterocycles. The first kappa shape index (κ1) is 20.9. The van der Waals surface area contributed by atoms with Gasteiger partial charge < -0.3 is 50.4 Å². The van der Waals surface area contributed by atoms with Gasteiger partial charge in [-0.2, -0.15) is 0 Å². The molecule has 2 rings (SSSR count). The SMILES string of the molecule is CNC1[C@H](O[C@H]2C(O)C(N)[C@H](OC)O[C@H]2CO)OC(CO)[C@@H](C)[C@@H]1O. The number of rotatable bonds is 6. The topological polar surface area (TPSA) is 156 Å². The highest BCUT2D eigenvalue weighted by molar-refractivity contribution is 4.96. The number of likely N-dealkylation sites (N-methyl/N-ethyl adjacent to an activating group) is 1. The van der Waals surface area contributed by atoms with E-state index in [9.17, 15) is 20.4 Å². The second-order valence-corrected chi connectivity index (χ2v) is 6.52. The van der Waals surface area contributed by atoms with E-state index < -0.39 is 61.8 Å². The van der Waals surface area contributed by atoms with E-state index in [4.69, 9.17) is 24.7 Å². The second kappa shape index (κ2) is 9.00. The fourth-order valence-electron chi connectivity index (χ4n) is 3.34. The molecule has 0 aromatic carbocycles. The molecule has 2 aliphatic rings. The van der Waals surface area contributed by atoms with Gasteiger partial charge in [-0.1, -0.05) is 6.92 Å². The summed E-state index contributed by atoms with van der Waals surface area (Å²) in [6.45, 7) is 1.06. The van der Waals surface area contributed by atoms with Gasteiger partial charge >= 0.3 is 0 Å². The molecule has 0 aliphatic carbocycles. The summed E-state index contributed by atoms with van der Waals surface area (Å²) in [6, 6.07) is -1.48. The van der Waals surface area contributed by atoms with Gasteiger partial charge in [0.1, 0.15) is 18.3 Å². The third kappa shape index (κ3) is 4.14. The van der Waals surface area contributed by atoms with Crippen molar-refractivity contribution in [3.63, 3.8) is 0 Å². The van der Waals surface area contributed by atoms with E-state index in [1.165, 1.54) is 7.11 Å². The van der Waals surface area contributed by atoms with Crippen LogP contribution in [0, 0.1) is 5.92 Å². The van der Waals surface area contributed by atoms with Crippen molar-refractivity contribution in [3.8, 4) is 0 Å². The fourth-order valence-corrected chi connectivity index (χ4v) is 3.34. The Morgan fingerprint density at radius 1 is 1.04 bits per heavy atom. The van der Waals surface area contributed by atoms with Crippen molar-refractivity contribution in [2.24, 2.45) is 11.7 Å². The lowest BCUT2D eigenvalue weighted by Crippen LogP contribution is -2.66. The molecule has 10 nitrogen and oxygen atoms in total. The molecule has 10 heteroatoms. The summed E-state index contributed by atoms with van der Waals surface area (Å²) in [5, 5.41) is 42.8. The predicted molar refractivity (Wildman–Crippen MR) is 85.4 cm³/mol. The number of hydrogen-bond acceptors (Lipinski definition) is 10. The summed E-state index contributed by atoms with van der Waals surface area (Å²) in [4.78, 5) is 0. The first-order valence-electron chi connectivity index (χ1n) is 8.39. The van der Waals surface area contributed by atoms with E-state index in [1.54, 1.807) is 14.0 Å². The monoisotopic (exact) mass is 366 g/mol. The quantitative estimate of drug-likeness (QED) is 0.282. The minimum absolute atomic E-state index is 0.285. The molecule has 2 saturated heterocycles. The zero-order valence-corrected chi connectivity index (χ0v) is 14.7. The van der Waals surface area contributed by atoms with E-state index in [0.29, 0.717) is 0 Å². The maximum absolute atomic E-state index is 10.5. The van der Waals surface area contributed by atoms with Crippen molar-refractivity contribution in [2.75, 3.05) is 27.4 Å². The number of aliphatic hydroxyl groups is 4. The van der Waals surface area contributed by atoms with Gasteiger partial charge in [0, 0.05) is 13.0 Å². The summed E-state index contributed by atoms with van der Waals surface area (Å²) in [5.41, 5.74) is 5.91. The third-order valence-electron chi connectivity index (χ3n) is 5.03. The lowest BCUT2D eigenvalue weighted by atomic mass is 9.89. The second-order valence-electron chi connectivity index (χ2n) is 6.52. The van der Waals surface area contributed by atoms with Crippen molar-refractivity contribution in [1.82, 2.24) is 5.32 Å². The van der Waals surface area contributed by atoms with Crippen LogP contribution in [0.1, 0.15) is 6.92 Å². The van der Waals surface area contributed by atoms with E-state index in [0.717, 1.165) is 0 Å². The highest BCUT2D eigenvalue weighted by Gasteiger charge is 2.49. The van der Waals surface area contributed by atoms with Crippen LogP contribution in [-0.4, -0.2) is 103 Å². The molecule has 7 N–H and O–H groups in total. The smallest absolute Gasteiger partial charge is 0.176 e. The van der Waals surface area contributed by atoms with E-state index in [2.05, 4.69) is 5.32 Å². The van der Waals surface area contributed by atoms with Crippen LogP contribution >= 0.6 is 0 Å². The third-order valence-corrected chi connectivity index (χ3v) is 5.03. The van der Waals surface area contributed by atoms with Crippen LogP contribution in [0.4, 0.5) is 0 Å². The maximum atomic E-state index is 10.5. The van der Waals surface area contributed by atoms with Gasteiger partial charge in [0.15, 0.2) is 12.6 Å². The molecule has 2 aliphatic heterocycles. The molecule has 0 spiro atoms. The lowest BCUT2D eigenvalue weighted by molar-refractivity contribution is -0.323. The lowest BCUT2D eigenvalue weighted by Gasteiger charge is -2.47. The molecule has 0 bridgehead atoms. The summed E-state index contributed by atoms with van der Waals surface area (Å²) < 4.78 is 22.2. The Bertz CT molecular complexity index is 415. The first-order chi connectivity index (χ1) is 11.9.